The Morgan fingerprint density at radius 3 is 2.67 bits per heavy atom. The van der Waals surface area contributed by atoms with E-state index in [2.05, 4.69) is 15.6 Å². The third-order valence-electron chi connectivity index (χ3n) is 5.18. The van der Waals surface area contributed by atoms with Gasteiger partial charge in [0.2, 0.25) is 5.91 Å². The number of thiophene rings is 1. The number of carbonyl (C=O) groups is 1. The quantitative estimate of drug-likeness (QED) is 0.514. The molecule has 0 unspecified atom stereocenters. The van der Waals surface area contributed by atoms with Gasteiger partial charge in [0.1, 0.15) is 6.04 Å². The van der Waals surface area contributed by atoms with E-state index in [0.717, 1.165) is 38.4 Å². The molecule has 0 spiro atoms. The second-order valence-corrected chi connectivity index (χ2v) is 8.19. The van der Waals surface area contributed by atoms with Gasteiger partial charge in [-0.15, -0.1) is 16.4 Å². The molecule has 0 fully saturated rings. The number of para-hydroxylation sites is 1. The Hall–Kier alpha value is -3.32. The molecular formula is C23H22N4O2S. The van der Waals surface area contributed by atoms with Crippen LogP contribution in [0.1, 0.15) is 31.0 Å². The van der Waals surface area contributed by atoms with Gasteiger partial charge in [-0.2, -0.15) is 4.68 Å². The highest BCUT2D eigenvalue weighted by molar-refractivity contribution is 7.21. The molecule has 1 N–H and O–H groups in total. The Labute approximate surface area is 178 Å². The van der Waals surface area contributed by atoms with Crippen LogP contribution in [0.3, 0.4) is 0 Å². The highest BCUT2D eigenvalue weighted by atomic mass is 32.1. The molecule has 0 aliphatic carbocycles. The molecule has 2 aromatic heterocycles. The number of hydrogen-bond acceptors (Lipinski definition) is 5. The number of carbonyl (C=O) groups excluding carboxylic acids is 1. The van der Waals surface area contributed by atoms with Gasteiger partial charge in [-0.05, 0) is 43.0 Å². The van der Waals surface area contributed by atoms with Crippen molar-refractivity contribution < 1.29 is 4.79 Å². The molecule has 0 saturated heterocycles. The molecule has 0 radical (unpaired) electrons. The number of fused-ring (bicyclic) bond motifs is 1. The first-order valence-corrected chi connectivity index (χ1v) is 10.6. The molecule has 4 rings (SSSR count). The third-order valence-corrected chi connectivity index (χ3v) is 6.24. The fourth-order valence-corrected chi connectivity index (χ4v) is 4.37. The van der Waals surface area contributed by atoms with Crippen LogP contribution in [0.4, 0.5) is 5.69 Å². The number of aryl methyl sites for hydroxylation is 2. The van der Waals surface area contributed by atoms with Crippen LogP contribution in [0.2, 0.25) is 0 Å². The highest BCUT2D eigenvalue weighted by Crippen LogP contribution is 2.30. The van der Waals surface area contributed by atoms with Crippen molar-refractivity contribution in [2.75, 3.05) is 5.32 Å². The Bertz CT molecular complexity index is 1280. The van der Waals surface area contributed by atoms with E-state index < -0.39 is 6.04 Å². The molecule has 2 aromatic carbocycles. The average molecular weight is 419 g/mol. The summed E-state index contributed by atoms with van der Waals surface area (Å²) in [6.45, 7) is 5.65. The molecule has 0 bridgehead atoms. The summed E-state index contributed by atoms with van der Waals surface area (Å²) in [5, 5.41) is 11.7. The minimum absolute atomic E-state index is 0.298. The number of rotatable bonds is 5. The summed E-state index contributed by atoms with van der Waals surface area (Å²) in [5.74, 6) is -0.298. The van der Waals surface area contributed by atoms with Gasteiger partial charge in [-0.25, -0.2) is 0 Å². The fourth-order valence-electron chi connectivity index (χ4n) is 3.40. The van der Waals surface area contributed by atoms with Crippen LogP contribution in [0, 0.1) is 6.92 Å². The van der Waals surface area contributed by atoms with Gasteiger partial charge < -0.3 is 5.32 Å². The molecule has 0 saturated carbocycles. The zero-order chi connectivity index (χ0) is 21.3. The maximum atomic E-state index is 13.0. The number of amides is 1. The molecule has 0 aliphatic heterocycles. The molecule has 4 aromatic rings. The second-order valence-electron chi connectivity index (χ2n) is 7.16. The molecular weight excluding hydrogens is 396 g/mol. The van der Waals surface area contributed by atoms with E-state index in [1.54, 1.807) is 6.92 Å². The van der Waals surface area contributed by atoms with Gasteiger partial charge >= 0.3 is 0 Å². The van der Waals surface area contributed by atoms with Crippen molar-refractivity contribution in [3.63, 3.8) is 0 Å². The van der Waals surface area contributed by atoms with Gasteiger partial charge in [0.15, 0.2) is 4.83 Å². The standard InChI is InChI=1S/C23H22N4O2S/c1-4-16-12-8-9-14(2)20(16)24-21(28)15(3)27-23(29)18-13-19(30-22(18)25-26-27)17-10-6-5-7-11-17/h5-13,15H,4H2,1-3H3,(H,24,28)/t15-/m0/s1. The van der Waals surface area contributed by atoms with Crippen molar-refractivity contribution in [2.45, 2.75) is 33.2 Å². The van der Waals surface area contributed by atoms with Crippen molar-refractivity contribution in [3.05, 3.63) is 76.1 Å². The monoisotopic (exact) mass is 418 g/mol. The molecule has 6 nitrogen and oxygen atoms in total. The smallest absolute Gasteiger partial charge is 0.279 e. The fraction of sp³-hybridized carbons (Fsp3) is 0.217. The van der Waals surface area contributed by atoms with Crippen molar-refractivity contribution in [3.8, 4) is 10.4 Å². The zero-order valence-corrected chi connectivity index (χ0v) is 17.9. The minimum Gasteiger partial charge on any atom is -0.324 e. The van der Waals surface area contributed by atoms with Crippen molar-refractivity contribution in [1.29, 1.82) is 0 Å². The van der Waals surface area contributed by atoms with Crippen LogP contribution >= 0.6 is 11.3 Å². The maximum Gasteiger partial charge on any atom is 0.279 e. The van der Waals surface area contributed by atoms with Crippen molar-refractivity contribution in [1.82, 2.24) is 15.0 Å². The lowest BCUT2D eigenvalue weighted by Gasteiger charge is -2.17. The number of nitrogens with one attached hydrogen (secondary N) is 1. The number of hydrogen-bond donors (Lipinski definition) is 1. The van der Waals surface area contributed by atoms with E-state index in [1.165, 1.54) is 11.3 Å². The summed E-state index contributed by atoms with van der Waals surface area (Å²) in [7, 11) is 0. The summed E-state index contributed by atoms with van der Waals surface area (Å²) in [6, 6.07) is 16.8. The van der Waals surface area contributed by atoms with E-state index in [1.807, 2.05) is 68.4 Å². The van der Waals surface area contributed by atoms with E-state index >= 15 is 0 Å². The van der Waals surface area contributed by atoms with Gasteiger partial charge in [0.05, 0.1) is 5.39 Å². The lowest BCUT2D eigenvalue weighted by atomic mass is 10.1. The second kappa shape index (κ2) is 8.20. The first kappa shape index (κ1) is 20.0. The Morgan fingerprint density at radius 1 is 1.17 bits per heavy atom. The number of anilines is 1. The molecule has 30 heavy (non-hydrogen) atoms. The lowest BCUT2D eigenvalue weighted by Crippen LogP contribution is -2.34. The predicted molar refractivity (Wildman–Crippen MR) is 121 cm³/mol. The summed E-state index contributed by atoms with van der Waals surface area (Å²) >= 11 is 1.42. The number of nitrogens with zero attached hydrogens (tertiary/aromatic N) is 3. The SMILES string of the molecule is CCc1cccc(C)c1NC(=O)[C@H](C)n1nnc2sc(-c3ccccc3)cc2c1=O. The van der Waals surface area contributed by atoms with Crippen LogP contribution in [0.15, 0.2) is 59.4 Å². The molecule has 2 heterocycles. The Morgan fingerprint density at radius 2 is 1.93 bits per heavy atom. The maximum absolute atomic E-state index is 13.0. The van der Waals surface area contributed by atoms with Crippen LogP contribution in [0.5, 0.6) is 0 Å². The first-order valence-electron chi connectivity index (χ1n) is 9.83. The summed E-state index contributed by atoms with van der Waals surface area (Å²) in [6.07, 6.45) is 0.800. The first-order chi connectivity index (χ1) is 14.5. The molecule has 0 aliphatic rings. The van der Waals surface area contributed by atoms with Gasteiger partial charge in [0, 0.05) is 10.6 Å². The van der Waals surface area contributed by atoms with Gasteiger partial charge in [0.25, 0.3) is 5.56 Å². The van der Waals surface area contributed by atoms with Gasteiger partial charge in [-0.3, -0.25) is 9.59 Å². The van der Waals surface area contributed by atoms with Crippen molar-refractivity contribution >= 4 is 33.1 Å². The zero-order valence-electron chi connectivity index (χ0n) is 17.0. The molecule has 1 amide bonds. The number of benzene rings is 2. The van der Waals surface area contributed by atoms with Crippen molar-refractivity contribution in [2.24, 2.45) is 0 Å². The normalized spacial score (nSPS) is 12.1. The van der Waals surface area contributed by atoms with E-state index in [0.29, 0.717) is 10.2 Å². The van der Waals surface area contributed by atoms with Crippen LogP contribution in [-0.4, -0.2) is 20.9 Å². The van der Waals surface area contributed by atoms with Crippen LogP contribution < -0.4 is 10.9 Å². The highest BCUT2D eigenvalue weighted by Gasteiger charge is 2.21. The Kier molecular flexibility index (Phi) is 5.46. The van der Waals surface area contributed by atoms with Gasteiger partial charge in [-0.1, -0.05) is 60.7 Å². The predicted octanol–water partition coefficient (Wildman–Crippen LogP) is 4.59. The average Bonchev–Trinajstić information content (AvgIpc) is 3.21. The van der Waals surface area contributed by atoms with E-state index in [-0.39, 0.29) is 11.5 Å². The van der Waals surface area contributed by atoms with Crippen LogP contribution in [0.25, 0.3) is 20.7 Å². The number of aromatic nitrogens is 3. The topological polar surface area (TPSA) is 76.9 Å². The molecule has 7 heteroatoms. The molecule has 152 valence electrons. The summed E-state index contributed by atoms with van der Waals surface area (Å²) in [5.41, 5.74) is 3.52. The van der Waals surface area contributed by atoms with Crippen LogP contribution in [-0.2, 0) is 11.2 Å². The third kappa shape index (κ3) is 3.64. The van der Waals surface area contributed by atoms with E-state index in [4.69, 9.17) is 0 Å². The summed E-state index contributed by atoms with van der Waals surface area (Å²) in [4.78, 5) is 27.5. The lowest BCUT2D eigenvalue weighted by molar-refractivity contribution is -0.119. The van der Waals surface area contributed by atoms with E-state index in [9.17, 15) is 9.59 Å². The largest absolute Gasteiger partial charge is 0.324 e. The minimum atomic E-state index is -0.793. The summed E-state index contributed by atoms with van der Waals surface area (Å²) < 4.78 is 1.16. The Balaban J connectivity index is 1.67. The molecule has 1 atom stereocenters.